The lowest BCUT2D eigenvalue weighted by Gasteiger charge is -2.00. The molecule has 4 nitrogen and oxygen atoms in total. The molecule has 5 heteroatoms. The molecule has 3 aromatic rings. The first-order valence-corrected chi connectivity index (χ1v) is 7.35. The van der Waals surface area contributed by atoms with Crippen molar-refractivity contribution in [2.24, 2.45) is 0 Å². The Balaban J connectivity index is 1.89. The van der Waals surface area contributed by atoms with E-state index in [-0.39, 0.29) is 5.91 Å². The number of carbonyl (C=O) groups is 1. The van der Waals surface area contributed by atoms with Gasteiger partial charge in [0.2, 0.25) is 0 Å². The molecule has 0 aliphatic carbocycles. The van der Waals surface area contributed by atoms with E-state index < -0.39 is 0 Å². The second-order valence-corrected chi connectivity index (χ2v) is 5.16. The third-order valence-corrected chi connectivity index (χ3v) is 3.49. The summed E-state index contributed by atoms with van der Waals surface area (Å²) >= 11 is 4.06. The zero-order valence-electron chi connectivity index (χ0n) is 11.3. The molecule has 2 N–H and O–H groups in total. The van der Waals surface area contributed by atoms with Crippen molar-refractivity contribution in [3.8, 4) is 11.3 Å². The van der Waals surface area contributed by atoms with E-state index in [1.54, 1.807) is 6.07 Å². The van der Waals surface area contributed by atoms with Gasteiger partial charge in [0.1, 0.15) is 5.69 Å². The number of H-pyrrole nitrogens is 1. The van der Waals surface area contributed by atoms with Crippen molar-refractivity contribution < 1.29 is 4.79 Å². The molecule has 0 aliphatic heterocycles. The van der Waals surface area contributed by atoms with Gasteiger partial charge in [0.15, 0.2) is 0 Å². The van der Waals surface area contributed by atoms with E-state index in [9.17, 15) is 4.79 Å². The molecule has 1 heterocycles. The van der Waals surface area contributed by atoms with Crippen LogP contribution in [0.15, 0.2) is 48.5 Å². The fraction of sp³-hybridized carbons (Fsp3) is 0.125. The molecule has 106 valence electrons. The summed E-state index contributed by atoms with van der Waals surface area (Å²) in [6.07, 6.45) is 0. The zero-order valence-corrected chi connectivity index (χ0v) is 12.2. The van der Waals surface area contributed by atoms with E-state index in [1.807, 2.05) is 18.2 Å². The largest absolute Gasteiger partial charge is 0.350 e. The van der Waals surface area contributed by atoms with Gasteiger partial charge in [-0.25, -0.2) is 0 Å². The Hall–Kier alpha value is -2.27. The van der Waals surface area contributed by atoms with Crippen LogP contribution >= 0.6 is 12.6 Å². The first-order valence-electron chi connectivity index (χ1n) is 6.71. The molecule has 0 bridgehead atoms. The highest BCUT2D eigenvalue weighted by atomic mass is 32.1. The minimum absolute atomic E-state index is 0.163. The topological polar surface area (TPSA) is 57.8 Å². The fourth-order valence-corrected chi connectivity index (χ4v) is 2.31. The van der Waals surface area contributed by atoms with Crippen molar-refractivity contribution in [3.63, 3.8) is 0 Å². The van der Waals surface area contributed by atoms with Crippen LogP contribution in [0.25, 0.3) is 22.0 Å². The Bertz CT molecular complexity index is 782. The van der Waals surface area contributed by atoms with Gasteiger partial charge in [-0.3, -0.25) is 9.89 Å². The highest BCUT2D eigenvalue weighted by molar-refractivity contribution is 7.80. The number of aromatic amines is 1. The van der Waals surface area contributed by atoms with Crippen LogP contribution in [0.3, 0.4) is 0 Å². The molecule has 0 unspecified atom stereocenters. The Kier molecular flexibility index (Phi) is 3.92. The van der Waals surface area contributed by atoms with Crippen molar-refractivity contribution >= 4 is 29.3 Å². The molecule has 1 amide bonds. The average Bonchev–Trinajstić information content (AvgIpc) is 3.02. The van der Waals surface area contributed by atoms with Gasteiger partial charge in [0, 0.05) is 17.9 Å². The Morgan fingerprint density at radius 3 is 2.76 bits per heavy atom. The van der Waals surface area contributed by atoms with Gasteiger partial charge < -0.3 is 5.32 Å². The Morgan fingerprint density at radius 2 is 1.95 bits per heavy atom. The highest BCUT2D eigenvalue weighted by Gasteiger charge is 2.10. The normalized spacial score (nSPS) is 10.7. The maximum atomic E-state index is 11.8. The Morgan fingerprint density at radius 1 is 1.14 bits per heavy atom. The number of amides is 1. The minimum atomic E-state index is -0.163. The summed E-state index contributed by atoms with van der Waals surface area (Å²) in [5, 5.41) is 12.1. The highest BCUT2D eigenvalue weighted by Crippen LogP contribution is 2.23. The van der Waals surface area contributed by atoms with E-state index in [2.05, 4.69) is 52.4 Å². The zero-order chi connectivity index (χ0) is 14.7. The van der Waals surface area contributed by atoms with Crippen molar-refractivity contribution in [1.29, 1.82) is 0 Å². The quantitative estimate of drug-likeness (QED) is 0.649. The number of aromatic nitrogens is 2. The van der Waals surface area contributed by atoms with E-state index in [0.717, 1.165) is 16.6 Å². The lowest BCUT2D eigenvalue weighted by Crippen LogP contribution is -2.25. The Labute approximate surface area is 128 Å². The molecule has 0 fully saturated rings. The summed E-state index contributed by atoms with van der Waals surface area (Å²) < 4.78 is 0. The predicted molar refractivity (Wildman–Crippen MR) is 87.7 cm³/mol. The van der Waals surface area contributed by atoms with E-state index in [0.29, 0.717) is 18.0 Å². The minimum Gasteiger partial charge on any atom is -0.350 e. The lowest BCUT2D eigenvalue weighted by atomic mass is 10.1. The van der Waals surface area contributed by atoms with Gasteiger partial charge >= 0.3 is 0 Å². The maximum absolute atomic E-state index is 11.8. The van der Waals surface area contributed by atoms with Gasteiger partial charge in [0.25, 0.3) is 5.91 Å². The first-order chi connectivity index (χ1) is 10.3. The monoisotopic (exact) mass is 297 g/mol. The number of carbonyl (C=O) groups excluding carboxylic acids is 1. The third kappa shape index (κ3) is 2.92. The molecule has 0 atom stereocenters. The van der Waals surface area contributed by atoms with Crippen LogP contribution in [-0.2, 0) is 0 Å². The van der Waals surface area contributed by atoms with Crippen LogP contribution < -0.4 is 5.32 Å². The molecule has 0 spiro atoms. The third-order valence-electron chi connectivity index (χ3n) is 3.27. The number of hydrogen-bond donors (Lipinski definition) is 3. The summed E-state index contributed by atoms with van der Waals surface area (Å²) in [7, 11) is 0. The molecule has 0 aliphatic rings. The summed E-state index contributed by atoms with van der Waals surface area (Å²) in [4.78, 5) is 11.8. The number of fused-ring (bicyclic) bond motifs is 1. The van der Waals surface area contributed by atoms with Gasteiger partial charge in [-0.15, -0.1) is 0 Å². The molecular formula is C16H15N3OS. The molecule has 0 saturated carbocycles. The van der Waals surface area contributed by atoms with Crippen molar-refractivity contribution in [2.45, 2.75) is 0 Å². The average molecular weight is 297 g/mol. The summed E-state index contributed by atoms with van der Waals surface area (Å²) in [6.45, 7) is 0.534. The van der Waals surface area contributed by atoms with Crippen LogP contribution in [0.5, 0.6) is 0 Å². The number of thiol groups is 1. The van der Waals surface area contributed by atoms with E-state index >= 15 is 0 Å². The lowest BCUT2D eigenvalue weighted by molar-refractivity contribution is 0.0951. The number of nitrogens with zero attached hydrogens (tertiary/aromatic N) is 1. The van der Waals surface area contributed by atoms with E-state index in [1.165, 1.54) is 5.39 Å². The molecule has 0 saturated heterocycles. The molecular weight excluding hydrogens is 282 g/mol. The number of benzene rings is 2. The van der Waals surface area contributed by atoms with Crippen LogP contribution in [0.1, 0.15) is 10.5 Å². The number of hydrogen-bond acceptors (Lipinski definition) is 3. The second kappa shape index (κ2) is 6.01. The van der Waals surface area contributed by atoms with Crippen LogP contribution in [0.2, 0.25) is 0 Å². The van der Waals surface area contributed by atoms with Crippen molar-refractivity contribution in [2.75, 3.05) is 12.3 Å². The van der Waals surface area contributed by atoms with Crippen LogP contribution in [0.4, 0.5) is 0 Å². The smallest absolute Gasteiger partial charge is 0.269 e. The summed E-state index contributed by atoms with van der Waals surface area (Å²) in [5.41, 5.74) is 2.20. The second-order valence-electron chi connectivity index (χ2n) is 4.71. The SMILES string of the molecule is O=C(NCCS)c1cc(-c2ccc3ccccc3c2)n[nH]1. The van der Waals surface area contributed by atoms with Crippen LogP contribution in [0, 0.1) is 0 Å². The van der Waals surface area contributed by atoms with Gasteiger partial charge in [-0.2, -0.15) is 17.7 Å². The molecule has 2 aromatic carbocycles. The fourth-order valence-electron chi connectivity index (χ4n) is 2.20. The number of rotatable bonds is 4. The standard InChI is InChI=1S/C16H15N3OS/c20-16(17-7-8-21)15-10-14(18-19-15)13-6-5-11-3-1-2-4-12(11)9-13/h1-6,9-10,21H,7-8H2,(H,17,20)(H,18,19). The van der Waals surface area contributed by atoms with Gasteiger partial charge in [-0.05, 0) is 22.9 Å². The van der Waals surface area contributed by atoms with Crippen molar-refractivity contribution in [3.05, 3.63) is 54.2 Å². The van der Waals surface area contributed by atoms with Crippen molar-refractivity contribution in [1.82, 2.24) is 15.5 Å². The molecule has 0 radical (unpaired) electrons. The van der Waals surface area contributed by atoms with Gasteiger partial charge in [-0.1, -0.05) is 36.4 Å². The first kappa shape index (κ1) is 13.7. The van der Waals surface area contributed by atoms with Gasteiger partial charge in [0.05, 0.1) is 5.69 Å². The van der Waals surface area contributed by atoms with Crippen LogP contribution in [-0.4, -0.2) is 28.4 Å². The number of nitrogens with one attached hydrogen (secondary N) is 2. The maximum Gasteiger partial charge on any atom is 0.269 e. The molecule has 21 heavy (non-hydrogen) atoms. The molecule has 1 aromatic heterocycles. The predicted octanol–water partition coefficient (Wildman–Crippen LogP) is 2.89. The summed E-state index contributed by atoms with van der Waals surface area (Å²) in [5.74, 6) is 0.445. The summed E-state index contributed by atoms with van der Waals surface area (Å²) in [6, 6.07) is 16.0. The molecule has 3 rings (SSSR count). The van der Waals surface area contributed by atoms with E-state index in [4.69, 9.17) is 0 Å².